The van der Waals surface area contributed by atoms with Gasteiger partial charge in [-0.25, -0.2) is 9.78 Å². The molecule has 2 aromatic rings. The van der Waals surface area contributed by atoms with Gasteiger partial charge in [-0.3, -0.25) is 4.79 Å². The molecule has 168 valence electrons. The van der Waals surface area contributed by atoms with Crippen LogP contribution in [-0.4, -0.2) is 65.0 Å². The van der Waals surface area contributed by atoms with Crippen molar-refractivity contribution in [2.45, 2.75) is 18.5 Å². The van der Waals surface area contributed by atoms with E-state index in [-0.39, 0.29) is 18.5 Å². The lowest BCUT2D eigenvalue weighted by molar-refractivity contribution is -0.142. The number of hydrogen-bond donors (Lipinski definition) is 5. The maximum atomic E-state index is 12.3. The van der Waals surface area contributed by atoms with Crippen LogP contribution in [0, 0.1) is 0 Å². The van der Waals surface area contributed by atoms with Crippen molar-refractivity contribution in [2.75, 3.05) is 36.2 Å². The second kappa shape index (κ2) is 13.1. The Bertz CT molecular complexity index is 855. The van der Waals surface area contributed by atoms with Gasteiger partial charge in [-0.1, -0.05) is 30.3 Å². The molecule has 0 saturated heterocycles. The first kappa shape index (κ1) is 24.8. The number of ether oxygens (including phenoxy) is 1. The van der Waals surface area contributed by atoms with Crippen LogP contribution in [0.25, 0.3) is 11.3 Å². The third-order valence-electron chi connectivity index (χ3n) is 4.30. The molecule has 0 spiro atoms. The molecular formula is C21H28N4O4S2. The van der Waals surface area contributed by atoms with Crippen molar-refractivity contribution in [3.8, 4) is 17.1 Å². The fourth-order valence-electron chi connectivity index (χ4n) is 2.62. The van der Waals surface area contributed by atoms with E-state index in [0.29, 0.717) is 35.9 Å². The van der Waals surface area contributed by atoms with E-state index in [1.807, 2.05) is 48.7 Å². The van der Waals surface area contributed by atoms with E-state index in [2.05, 4.69) is 28.2 Å². The third kappa shape index (κ3) is 8.31. The molecule has 1 heterocycles. The summed E-state index contributed by atoms with van der Waals surface area (Å²) in [7, 11) is 0. The number of nitrogens with one attached hydrogen (secondary N) is 2. The van der Waals surface area contributed by atoms with Crippen molar-refractivity contribution in [1.82, 2.24) is 10.3 Å². The number of nitrogens with zero attached hydrogens (tertiary/aromatic N) is 1. The lowest BCUT2D eigenvalue weighted by Crippen LogP contribution is -2.43. The molecule has 5 N–H and O–H groups in total. The summed E-state index contributed by atoms with van der Waals surface area (Å²) in [5.41, 5.74) is 8.09. The van der Waals surface area contributed by atoms with Crippen LogP contribution in [0.1, 0.15) is 6.42 Å². The molecular weight excluding hydrogens is 436 g/mol. The van der Waals surface area contributed by atoms with E-state index in [1.165, 1.54) is 11.8 Å². The van der Waals surface area contributed by atoms with E-state index >= 15 is 0 Å². The van der Waals surface area contributed by atoms with Crippen molar-refractivity contribution in [2.24, 2.45) is 5.73 Å². The van der Waals surface area contributed by atoms with Crippen molar-refractivity contribution in [3.63, 3.8) is 0 Å². The Hall–Kier alpha value is -2.43. The second-order valence-corrected chi connectivity index (χ2v) is 8.12. The number of amides is 1. The number of aliphatic carboxylic acids is 1. The summed E-state index contributed by atoms with van der Waals surface area (Å²) in [6.07, 6.45) is 2.21. The minimum Gasteiger partial charge on any atom is -0.480 e. The van der Waals surface area contributed by atoms with Crippen LogP contribution in [0.5, 0.6) is 5.88 Å². The fraction of sp³-hybridized carbons (Fsp3) is 0.381. The Morgan fingerprint density at radius 1 is 1.26 bits per heavy atom. The molecule has 1 unspecified atom stereocenters. The predicted molar refractivity (Wildman–Crippen MR) is 128 cm³/mol. The number of carboxylic acid groups (broad SMARTS) is 1. The number of anilines is 1. The molecule has 0 aliphatic carbocycles. The highest BCUT2D eigenvalue weighted by Gasteiger charge is 2.20. The molecule has 0 saturated carbocycles. The molecule has 1 amide bonds. The third-order valence-corrected chi connectivity index (χ3v) is 5.42. The fourth-order valence-corrected chi connectivity index (χ4v) is 3.22. The summed E-state index contributed by atoms with van der Waals surface area (Å²) in [5, 5.41) is 14.9. The molecule has 0 aliphatic heterocycles. The summed E-state index contributed by atoms with van der Waals surface area (Å²) in [6.45, 7) is 0.0930. The Kier molecular flexibility index (Phi) is 10.5. The number of hydrogen-bond acceptors (Lipinski definition) is 8. The van der Waals surface area contributed by atoms with E-state index in [1.54, 1.807) is 0 Å². The average Bonchev–Trinajstić information content (AvgIpc) is 2.79. The van der Waals surface area contributed by atoms with Crippen molar-refractivity contribution in [3.05, 3.63) is 42.5 Å². The number of carbonyl (C=O) groups is 2. The minimum atomic E-state index is -1.07. The Morgan fingerprint density at radius 2 is 2.00 bits per heavy atom. The quantitative estimate of drug-likeness (QED) is 0.285. The molecule has 0 aliphatic rings. The Labute approximate surface area is 191 Å². The van der Waals surface area contributed by atoms with Gasteiger partial charge in [0.2, 0.25) is 5.88 Å². The number of thiol groups is 1. The highest BCUT2D eigenvalue weighted by Crippen LogP contribution is 2.27. The van der Waals surface area contributed by atoms with E-state index in [0.717, 1.165) is 5.56 Å². The molecule has 0 fully saturated rings. The van der Waals surface area contributed by atoms with Gasteiger partial charge < -0.3 is 26.2 Å². The molecule has 2 rings (SSSR count). The number of aromatic nitrogens is 1. The number of carbonyl (C=O) groups excluding carboxylic acids is 1. The first-order chi connectivity index (χ1) is 14.9. The second-order valence-electron chi connectivity index (χ2n) is 6.77. The van der Waals surface area contributed by atoms with Crippen LogP contribution < -0.4 is 21.1 Å². The lowest BCUT2D eigenvalue weighted by atomic mass is 10.1. The van der Waals surface area contributed by atoms with E-state index < -0.39 is 17.9 Å². The lowest BCUT2D eigenvalue weighted by Gasteiger charge is -2.17. The van der Waals surface area contributed by atoms with Gasteiger partial charge in [-0.2, -0.15) is 24.4 Å². The summed E-state index contributed by atoms with van der Waals surface area (Å²) < 4.78 is 5.67. The summed E-state index contributed by atoms with van der Waals surface area (Å²) in [5.74, 6) is -0.238. The van der Waals surface area contributed by atoms with Gasteiger partial charge >= 0.3 is 5.97 Å². The predicted octanol–water partition coefficient (Wildman–Crippen LogP) is 2.12. The minimum absolute atomic E-state index is 0.166. The van der Waals surface area contributed by atoms with Crippen molar-refractivity contribution in [1.29, 1.82) is 0 Å². The highest BCUT2D eigenvalue weighted by molar-refractivity contribution is 7.98. The Morgan fingerprint density at radius 3 is 2.65 bits per heavy atom. The van der Waals surface area contributed by atoms with Crippen LogP contribution in [-0.2, 0) is 9.59 Å². The average molecular weight is 465 g/mol. The molecule has 1 aromatic heterocycles. The maximum Gasteiger partial charge on any atom is 0.326 e. The standard InChI is InChI=1S/C21H28N4O4S2/c1-31-10-9-18(21(27)28)24-19(26)12-29-20-17(23-11-15(22)13-30)8-7-16(25-20)14-5-3-2-4-6-14/h2-8,15,18,23,30H,9-13,22H2,1H3,(H,24,26)(H,27,28)/t15?,18-/m0/s1. The van der Waals surface area contributed by atoms with E-state index in [9.17, 15) is 14.7 Å². The number of benzene rings is 1. The number of pyridine rings is 1. The molecule has 0 radical (unpaired) electrons. The number of carboxylic acids is 1. The zero-order valence-electron chi connectivity index (χ0n) is 17.3. The van der Waals surface area contributed by atoms with Crippen LogP contribution in [0.4, 0.5) is 5.69 Å². The van der Waals surface area contributed by atoms with Crippen LogP contribution >= 0.6 is 24.4 Å². The molecule has 8 nitrogen and oxygen atoms in total. The zero-order chi connectivity index (χ0) is 22.6. The van der Waals surface area contributed by atoms with Crippen LogP contribution in [0.2, 0.25) is 0 Å². The molecule has 0 bridgehead atoms. The number of thioether (sulfide) groups is 1. The molecule has 2 atom stereocenters. The van der Waals surface area contributed by atoms with Gasteiger partial charge in [0.05, 0.1) is 11.4 Å². The molecule has 1 aromatic carbocycles. The van der Waals surface area contributed by atoms with Gasteiger partial charge in [0, 0.05) is 23.9 Å². The highest BCUT2D eigenvalue weighted by atomic mass is 32.2. The van der Waals surface area contributed by atoms with Gasteiger partial charge in [0.25, 0.3) is 5.91 Å². The Balaban J connectivity index is 2.13. The van der Waals surface area contributed by atoms with Gasteiger partial charge in [-0.05, 0) is 30.6 Å². The normalized spacial score (nSPS) is 12.6. The van der Waals surface area contributed by atoms with Gasteiger partial charge in [0.15, 0.2) is 6.61 Å². The summed E-state index contributed by atoms with van der Waals surface area (Å²) in [4.78, 5) is 28.2. The maximum absolute atomic E-state index is 12.3. The monoisotopic (exact) mass is 464 g/mol. The first-order valence-electron chi connectivity index (χ1n) is 9.75. The van der Waals surface area contributed by atoms with Crippen LogP contribution in [0.3, 0.4) is 0 Å². The SMILES string of the molecule is CSCC[C@H](NC(=O)COc1nc(-c2ccccc2)ccc1NCC(N)CS)C(=O)O. The number of nitrogens with two attached hydrogens (primary N) is 1. The van der Waals surface area contributed by atoms with Crippen molar-refractivity contribution >= 4 is 42.0 Å². The summed E-state index contributed by atoms with van der Waals surface area (Å²) in [6, 6.07) is 12.1. The van der Waals surface area contributed by atoms with Crippen LogP contribution in [0.15, 0.2) is 42.5 Å². The number of rotatable bonds is 13. The molecule has 10 heteroatoms. The molecule has 31 heavy (non-hydrogen) atoms. The largest absolute Gasteiger partial charge is 0.480 e. The summed E-state index contributed by atoms with van der Waals surface area (Å²) >= 11 is 5.69. The van der Waals surface area contributed by atoms with Crippen molar-refractivity contribution < 1.29 is 19.4 Å². The van der Waals surface area contributed by atoms with Gasteiger partial charge in [-0.15, -0.1) is 0 Å². The topological polar surface area (TPSA) is 127 Å². The smallest absolute Gasteiger partial charge is 0.326 e. The zero-order valence-corrected chi connectivity index (χ0v) is 19.0. The van der Waals surface area contributed by atoms with E-state index in [4.69, 9.17) is 10.5 Å². The van der Waals surface area contributed by atoms with Gasteiger partial charge in [0.1, 0.15) is 6.04 Å². The first-order valence-corrected chi connectivity index (χ1v) is 11.8.